The van der Waals surface area contributed by atoms with Crippen LogP contribution in [0.4, 0.5) is 9.93 Å². The van der Waals surface area contributed by atoms with Crippen molar-refractivity contribution in [3.63, 3.8) is 0 Å². The Morgan fingerprint density at radius 3 is 2.24 bits per heavy atom. The van der Waals surface area contributed by atoms with Crippen molar-refractivity contribution >= 4 is 40.5 Å². The molecule has 46 heavy (non-hydrogen) atoms. The van der Waals surface area contributed by atoms with Crippen LogP contribution in [0, 0.1) is 0 Å². The quantitative estimate of drug-likeness (QED) is 0.164. The van der Waals surface area contributed by atoms with Gasteiger partial charge in [0.2, 0.25) is 0 Å². The smallest absolute Gasteiger partial charge is 0.312 e. The number of urea groups is 1. The number of hydrogen-bond donors (Lipinski definition) is 0. The van der Waals surface area contributed by atoms with Crippen molar-refractivity contribution < 1.29 is 22.9 Å². The summed E-state index contributed by atoms with van der Waals surface area (Å²) in [6.45, 7) is 16.0. The molecule has 0 bridgehead atoms. The van der Waals surface area contributed by atoms with Crippen LogP contribution in [0.15, 0.2) is 48.9 Å². The minimum Gasteiger partial charge on any atom is -0.312 e. The highest BCUT2D eigenvalue weighted by atomic mass is 32.1. The van der Waals surface area contributed by atoms with Gasteiger partial charge >= 0.3 is 13.9 Å². The third kappa shape index (κ3) is 7.96. The Kier molecular flexibility index (Phi) is 9.66. The molecule has 1 atom stereocenters. The lowest BCUT2D eigenvalue weighted by molar-refractivity contribution is -0.00983. The molecule has 0 saturated carbocycles. The topological polar surface area (TPSA) is 123 Å². The number of anilines is 1. The molecule has 14 heteroatoms. The van der Waals surface area contributed by atoms with Gasteiger partial charge < -0.3 is 4.90 Å². The summed E-state index contributed by atoms with van der Waals surface area (Å²) in [6.07, 6.45) is 4.37. The van der Waals surface area contributed by atoms with Gasteiger partial charge in [-0.3, -0.25) is 28.4 Å². The highest BCUT2D eigenvalue weighted by Gasteiger charge is 2.39. The summed E-state index contributed by atoms with van der Waals surface area (Å²) in [7, 11) is -1.99. The zero-order valence-corrected chi connectivity index (χ0v) is 29.6. The van der Waals surface area contributed by atoms with Crippen LogP contribution in [-0.4, -0.2) is 73.9 Å². The maximum atomic E-state index is 13.6. The Morgan fingerprint density at radius 1 is 0.978 bits per heavy atom. The molecule has 1 aromatic carbocycles. The van der Waals surface area contributed by atoms with E-state index in [1.807, 2.05) is 44.3 Å². The van der Waals surface area contributed by atoms with E-state index < -0.39 is 25.1 Å². The van der Waals surface area contributed by atoms with Crippen LogP contribution in [0.5, 0.6) is 0 Å². The Labute approximate surface area is 274 Å². The Bertz CT molecular complexity index is 1720. The molecule has 0 radical (unpaired) electrons. The minimum atomic E-state index is -3.97. The number of fused-ring (bicyclic) bond motifs is 1. The van der Waals surface area contributed by atoms with Crippen molar-refractivity contribution in [2.75, 3.05) is 31.8 Å². The largest absolute Gasteiger partial charge is 0.476 e. The number of pyridine rings is 1. The maximum absolute atomic E-state index is 13.6. The highest BCUT2D eigenvalue weighted by molar-refractivity contribution is 7.48. The van der Waals surface area contributed by atoms with Crippen LogP contribution < -0.4 is 4.90 Å². The number of phosphoric ester groups is 1. The molecule has 246 valence electrons. The second kappa shape index (κ2) is 13.1. The molecule has 0 unspecified atom stereocenters. The van der Waals surface area contributed by atoms with Crippen molar-refractivity contribution in [3.8, 4) is 22.4 Å². The first-order chi connectivity index (χ1) is 21.5. The monoisotopic (exact) mass is 667 g/mol. The van der Waals surface area contributed by atoms with Gasteiger partial charge in [-0.15, -0.1) is 0 Å². The van der Waals surface area contributed by atoms with Gasteiger partial charge in [-0.25, -0.2) is 24.3 Å². The number of phosphoric acid groups is 1. The van der Waals surface area contributed by atoms with Gasteiger partial charge in [0.15, 0.2) is 11.0 Å². The molecule has 1 aliphatic heterocycles. The first-order valence-electron chi connectivity index (χ1n) is 15.2. The van der Waals surface area contributed by atoms with Crippen LogP contribution >= 0.6 is 19.2 Å². The molecular formula is C32H42N7O5PS. The second-order valence-corrected chi connectivity index (χ2v) is 15.7. The average molecular weight is 668 g/mol. The first kappa shape index (κ1) is 34.0. The molecule has 12 nitrogen and oxygen atoms in total. The summed E-state index contributed by atoms with van der Waals surface area (Å²) in [6, 6.07) is 9.71. The molecule has 5 rings (SSSR count). The van der Waals surface area contributed by atoms with Crippen molar-refractivity contribution in [2.24, 2.45) is 0 Å². The van der Waals surface area contributed by atoms with Gasteiger partial charge in [-0.05, 0) is 92.3 Å². The fraction of sp³-hybridized carbons (Fsp3) is 0.469. The molecule has 4 heterocycles. The lowest BCUT2D eigenvalue weighted by atomic mass is 10.0. The van der Waals surface area contributed by atoms with Crippen molar-refractivity contribution in [1.82, 2.24) is 29.7 Å². The number of benzene rings is 1. The van der Waals surface area contributed by atoms with Crippen LogP contribution in [0.3, 0.4) is 0 Å². The molecule has 3 aromatic heterocycles. The third-order valence-corrected chi connectivity index (χ3v) is 10.0. The number of carbonyl (C=O) groups excluding carboxylic acids is 1. The summed E-state index contributed by atoms with van der Waals surface area (Å²) in [5.74, 6) is 0.328. The zero-order chi connectivity index (χ0) is 33.4. The van der Waals surface area contributed by atoms with Gasteiger partial charge in [0, 0.05) is 36.3 Å². The first-order valence-corrected chi connectivity index (χ1v) is 17.4. The number of carbonyl (C=O) groups is 1. The third-order valence-electron chi connectivity index (χ3n) is 6.76. The van der Waals surface area contributed by atoms with E-state index in [1.54, 1.807) is 76.9 Å². The molecule has 1 aliphatic rings. The van der Waals surface area contributed by atoms with Gasteiger partial charge in [-0.1, -0.05) is 17.4 Å². The number of amides is 2. The van der Waals surface area contributed by atoms with E-state index in [-0.39, 0.29) is 6.03 Å². The number of aromatic nitrogens is 4. The van der Waals surface area contributed by atoms with Gasteiger partial charge in [0.05, 0.1) is 40.5 Å². The predicted octanol–water partition coefficient (Wildman–Crippen LogP) is 7.74. The lowest BCUT2D eigenvalue weighted by Crippen LogP contribution is -2.56. The van der Waals surface area contributed by atoms with Crippen molar-refractivity contribution in [2.45, 2.75) is 72.7 Å². The molecule has 0 spiro atoms. The van der Waals surface area contributed by atoms with Crippen LogP contribution in [0.2, 0.25) is 0 Å². The van der Waals surface area contributed by atoms with E-state index in [4.69, 9.17) is 18.6 Å². The Morgan fingerprint density at radius 2 is 1.65 bits per heavy atom. The number of hydrogen-bond acceptors (Lipinski definition) is 11. The molecule has 0 aliphatic carbocycles. The molecule has 1 fully saturated rings. The minimum absolute atomic E-state index is 0.0649. The van der Waals surface area contributed by atoms with Crippen LogP contribution in [0.1, 0.15) is 67.3 Å². The van der Waals surface area contributed by atoms with E-state index in [2.05, 4.69) is 19.9 Å². The molecule has 1 saturated heterocycles. The summed E-state index contributed by atoms with van der Waals surface area (Å²) >= 11 is 1.47. The normalized spacial score (nSPS) is 16.0. The number of rotatable bonds is 9. The van der Waals surface area contributed by atoms with E-state index >= 15 is 0 Å². The number of thiazole rings is 1. The summed E-state index contributed by atoms with van der Waals surface area (Å²) < 4.78 is 32.0. The van der Waals surface area contributed by atoms with Gasteiger partial charge in [-0.2, -0.15) is 0 Å². The second-order valence-electron chi connectivity index (χ2n) is 13.2. The van der Waals surface area contributed by atoms with Crippen molar-refractivity contribution in [1.29, 1.82) is 0 Å². The van der Waals surface area contributed by atoms with Crippen molar-refractivity contribution in [3.05, 3.63) is 54.7 Å². The summed E-state index contributed by atoms with van der Waals surface area (Å²) in [5.41, 5.74) is 2.46. The summed E-state index contributed by atoms with van der Waals surface area (Å²) in [4.78, 5) is 37.5. The van der Waals surface area contributed by atoms with Crippen LogP contribution in [0.25, 0.3) is 32.6 Å². The fourth-order valence-electron chi connectivity index (χ4n) is 4.93. The van der Waals surface area contributed by atoms with Crippen LogP contribution in [-0.2, 0) is 18.1 Å². The van der Waals surface area contributed by atoms with Gasteiger partial charge in [0.1, 0.15) is 6.10 Å². The van der Waals surface area contributed by atoms with E-state index in [9.17, 15) is 9.36 Å². The lowest BCUT2D eigenvalue weighted by Gasteiger charge is -2.38. The maximum Gasteiger partial charge on any atom is 0.476 e. The van der Waals surface area contributed by atoms with E-state index in [1.165, 1.54) is 11.3 Å². The fourth-order valence-corrected chi connectivity index (χ4v) is 7.93. The predicted molar refractivity (Wildman–Crippen MR) is 180 cm³/mol. The molecule has 0 N–H and O–H groups in total. The molecular weight excluding hydrogens is 625 g/mol. The molecule has 4 aromatic rings. The Balaban J connectivity index is 1.49. The summed E-state index contributed by atoms with van der Waals surface area (Å²) in [5, 5.41) is 0.622. The van der Waals surface area contributed by atoms with Gasteiger partial charge in [0.25, 0.3) is 0 Å². The average Bonchev–Trinajstić information content (AvgIpc) is 3.40. The highest BCUT2D eigenvalue weighted by Crippen LogP contribution is 2.57. The van der Waals surface area contributed by atoms with E-state index in [0.29, 0.717) is 30.8 Å². The standard InChI is InChI=1S/C32H42N7O5PS/c1-10-38-19-37(9)20-39(30(38)40)29-36-26-16-22(15-24(27(26)46-29)25-13-11-12-14-33-25)23-17-34-28(35-18-23)21(2)42-45(41,43-31(3,4)5)44-32(6,7)8/h11-18,21H,10,19-20H2,1-9H3/t21-/m1/s1. The molecule has 2 amide bonds. The Hall–Kier alpha value is -3.32. The van der Waals surface area contributed by atoms with E-state index in [0.717, 1.165) is 32.6 Å². The number of nitrogens with zero attached hydrogens (tertiary/aromatic N) is 7. The SMILES string of the molecule is CCN1CN(C)CN(c2nc3cc(-c4cnc([C@@H](C)OP(=O)(OC(C)(C)C)OC(C)(C)C)nc4)cc(-c4ccccn4)c3s2)C1=O. The zero-order valence-electron chi connectivity index (χ0n) is 27.8.